The monoisotopic (exact) mass is 411 g/mol. The third kappa shape index (κ3) is 3.24. The standard InChI is InChI=1S/C23H17N5O3/c29-22-20-18(11-12-27(22)19(23(30)31)13-15-7-3-1-4-8-15)28-21(26-25-20)17(14-24-28)16-9-5-2-6-10-16/h1-12,14,19H,13H2,(H,30,31)/t19-/m1/s1. The van der Waals surface area contributed by atoms with Crippen LogP contribution in [0.5, 0.6) is 0 Å². The maximum absolute atomic E-state index is 13.1. The molecule has 0 amide bonds. The molecule has 0 unspecified atom stereocenters. The summed E-state index contributed by atoms with van der Waals surface area (Å²) in [5.41, 5.74) is 3.10. The molecule has 0 aliphatic heterocycles. The van der Waals surface area contributed by atoms with Gasteiger partial charge in [0, 0.05) is 18.2 Å². The lowest BCUT2D eigenvalue weighted by atomic mass is 10.1. The van der Waals surface area contributed by atoms with E-state index in [4.69, 9.17) is 0 Å². The molecule has 0 aliphatic rings. The molecule has 31 heavy (non-hydrogen) atoms. The molecule has 0 spiro atoms. The molecule has 3 heterocycles. The summed E-state index contributed by atoms with van der Waals surface area (Å²) in [6, 6.07) is 19.4. The van der Waals surface area contributed by atoms with Crippen LogP contribution in [0.3, 0.4) is 0 Å². The maximum atomic E-state index is 13.1. The van der Waals surface area contributed by atoms with Gasteiger partial charge in [-0.15, -0.1) is 10.2 Å². The van der Waals surface area contributed by atoms with Crippen LogP contribution in [-0.2, 0) is 11.2 Å². The molecule has 2 aromatic carbocycles. The van der Waals surface area contributed by atoms with Crippen LogP contribution in [0.1, 0.15) is 11.6 Å². The molecule has 0 aliphatic carbocycles. The Labute approximate surface area is 176 Å². The third-order valence-electron chi connectivity index (χ3n) is 5.27. The van der Waals surface area contributed by atoms with Gasteiger partial charge < -0.3 is 5.11 Å². The van der Waals surface area contributed by atoms with Crippen molar-refractivity contribution in [1.29, 1.82) is 0 Å². The lowest BCUT2D eigenvalue weighted by Gasteiger charge is -2.16. The summed E-state index contributed by atoms with van der Waals surface area (Å²) in [5.74, 6) is -1.09. The van der Waals surface area contributed by atoms with E-state index in [0.29, 0.717) is 11.2 Å². The summed E-state index contributed by atoms with van der Waals surface area (Å²) in [4.78, 5) is 25.1. The number of fused-ring (bicyclic) bond motifs is 3. The van der Waals surface area contributed by atoms with E-state index in [0.717, 1.165) is 16.7 Å². The molecule has 3 aromatic heterocycles. The average Bonchev–Trinajstić information content (AvgIpc) is 3.24. The number of aliphatic carboxylic acids is 1. The van der Waals surface area contributed by atoms with Crippen LogP contribution in [0.15, 0.2) is 83.9 Å². The largest absolute Gasteiger partial charge is 0.480 e. The van der Waals surface area contributed by atoms with Gasteiger partial charge in [-0.3, -0.25) is 9.36 Å². The number of benzene rings is 2. The molecule has 8 heteroatoms. The Kier molecular flexibility index (Phi) is 4.51. The number of rotatable bonds is 5. The molecular weight excluding hydrogens is 394 g/mol. The lowest BCUT2D eigenvalue weighted by Crippen LogP contribution is -2.31. The zero-order valence-corrected chi connectivity index (χ0v) is 16.3. The Bertz CT molecular complexity index is 1460. The van der Waals surface area contributed by atoms with Crippen LogP contribution in [-0.4, -0.2) is 35.5 Å². The van der Waals surface area contributed by atoms with Gasteiger partial charge in [-0.2, -0.15) is 5.10 Å². The third-order valence-corrected chi connectivity index (χ3v) is 5.27. The summed E-state index contributed by atoms with van der Waals surface area (Å²) in [5, 5.41) is 22.5. The molecule has 1 atom stereocenters. The molecule has 0 saturated heterocycles. The molecule has 0 saturated carbocycles. The zero-order valence-electron chi connectivity index (χ0n) is 16.3. The van der Waals surface area contributed by atoms with Crippen LogP contribution in [0, 0.1) is 0 Å². The highest BCUT2D eigenvalue weighted by molar-refractivity contribution is 5.83. The number of pyridine rings is 1. The number of carboxylic acids is 1. The minimum atomic E-state index is -1.09. The normalized spacial score (nSPS) is 12.3. The van der Waals surface area contributed by atoms with E-state index in [9.17, 15) is 14.7 Å². The number of hydrogen-bond acceptors (Lipinski definition) is 5. The topological polar surface area (TPSA) is 102 Å². The molecule has 0 fully saturated rings. The Hall–Kier alpha value is -4.33. The Morgan fingerprint density at radius 3 is 2.39 bits per heavy atom. The molecule has 8 nitrogen and oxygen atoms in total. The summed E-state index contributed by atoms with van der Waals surface area (Å²) >= 11 is 0. The van der Waals surface area contributed by atoms with Gasteiger partial charge >= 0.3 is 5.97 Å². The molecule has 152 valence electrons. The van der Waals surface area contributed by atoms with Gasteiger partial charge in [0.1, 0.15) is 11.6 Å². The van der Waals surface area contributed by atoms with Crippen molar-refractivity contribution in [3.8, 4) is 11.1 Å². The van der Waals surface area contributed by atoms with Crippen molar-refractivity contribution < 1.29 is 9.90 Å². The van der Waals surface area contributed by atoms with Gasteiger partial charge in [-0.05, 0) is 17.2 Å². The number of aromatic nitrogens is 5. The first-order chi connectivity index (χ1) is 15.1. The quantitative estimate of drug-likeness (QED) is 0.477. The summed E-state index contributed by atoms with van der Waals surface area (Å²) in [6.07, 6.45) is 3.34. The fourth-order valence-corrected chi connectivity index (χ4v) is 3.71. The van der Waals surface area contributed by atoms with E-state index in [2.05, 4.69) is 15.3 Å². The van der Waals surface area contributed by atoms with E-state index in [1.165, 1.54) is 10.8 Å². The summed E-state index contributed by atoms with van der Waals surface area (Å²) in [6.45, 7) is 0. The van der Waals surface area contributed by atoms with Crippen LogP contribution in [0.4, 0.5) is 0 Å². The van der Waals surface area contributed by atoms with Crippen molar-refractivity contribution >= 4 is 22.6 Å². The van der Waals surface area contributed by atoms with Gasteiger partial charge in [-0.25, -0.2) is 9.31 Å². The van der Waals surface area contributed by atoms with Gasteiger partial charge in [-0.1, -0.05) is 60.7 Å². The van der Waals surface area contributed by atoms with E-state index < -0.39 is 17.6 Å². The van der Waals surface area contributed by atoms with Gasteiger partial charge in [0.25, 0.3) is 5.56 Å². The van der Waals surface area contributed by atoms with Crippen LogP contribution < -0.4 is 5.56 Å². The van der Waals surface area contributed by atoms with Crippen molar-refractivity contribution in [1.82, 2.24) is 24.4 Å². The SMILES string of the molecule is O=C(O)[C@@H](Cc1ccccc1)n1ccc2c(nnc3c(-c4ccccc4)cnn32)c1=O. The second-order valence-corrected chi connectivity index (χ2v) is 7.17. The summed E-state index contributed by atoms with van der Waals surface area (Å²) < 4.78 is 2.75. The van der Waals surface area contributed by atoms with Gasteiger partial charge in [0.05, 0.1) is 6.20 Å². The maximum Gasteiger partial charge on any atom is 0.327 e. The van der Waals surface area contributed by atoms with Crippen molar-refractivity contribution in [2.45, 2.75) is 12.5 Å². The zero-order chi connectivity index (χ0) is 21.4. The van der Waals surface area contributed by atoms with Gasteiger partial charge in [0.15, 0.2) is 11.2 Å². The molecule has 0 bridgehead atoms. The van der Waals surface area contributed by atoms with Crippen molar-refractivity contribution in [2.24, 2.45) is 0 Å². The number of hydrogen-bond donors (Lipinski definition) is 1. The molecule has 5 aromatic rings. The fraction of sp³-hybridized carbons (Fsp3) is 0.0870. The highest BCUT2D eigenvalue weighted by Crippen LogP contribution is 2.24. The Morgan fingerprint density at radius 2 is 1.68 bits per heavy atom. The van der Waals surface area contributed by atoms with Gasteiger partial charge in [0.2, 0.25) is 0 Å². The number of nitrogens with zero attached hydrogens (tertiary/aromatic N) is 5. The first-order valence-corrected chi connectivity index (χ1v) is 9.71. The molecule has 0 radical (unpaired) electrons. The number of carboxylic acid groups (broad SMARTS) is 1. The van der Waals surface area contributed by atoms with Crippen molar-refractivity contribution in [3.63, 3.8) is 0 Å². The van der Waals surface area contributed by atoms with E-state index in [1.54, 1.807) is 16.8 Å². The molecular formula is C23H17N5O3. The summed E-state index contributed by atoms with van der Waals surface area (Å²) in [7, 11) is 0. The Morgan fingerprint density at radius 1 is 0.968 bits per heavy atom. The predicted octanol–water partition coefficient (Wildman–Crippen LogP) is 2.97. The van der Waals surface area contributed by atoms with Crippen LogP contribution in [0.25, 0.3) is 27.8 Å². The first kappa shape index (κ1) is 18.7. The smallest absolute Gasteiger partial charge is 0.327 e. The minimum absolute atomic E-state index is 0.0667. The first-order valence-electron chi connectivity index (χ1n) is 9.71. The molecule has 1 N–H and O–H groups in total. The molecule has 5 rings (SSSR count). The lowest BCUT2D eigenvalue weighted by molar-refractivity contribution is -0.141. The van der Waals surface area contributed by atoms with Crippen molar-refractivity contribution in [2.75, 3.05) is 0 Å². The van der Waals surface area contributed by atoms with E-state index >= 15 is 0 Å². The Balaban J connectivity index is 1.63. The van der Waals surface area contributed by atoms with Crippen molar-refractivity contribution in [3.05, 3.63) is 95.0 Å². The minimum Gasteiger partial charge on any atom is -0.480 e. The van der Waals surface area contributed by atoms with E-state index in [1.807, 2.05) is 60.7 Å². The van der Waals surface area contributed by atoms with E-state index in [-0.39, 0.29) is 11.9 Å². The second-order valence-electron chi connectivity index (χ2n) is 7.17. The highest BCUT2D eigenvalue weighted by Gasteiger charge is 2.23. The predicted molar refractivity (Wildman–Crippen MR) is 115 cm³/mol. The average molecular weight is 411 g/mol. The highest BCUT2D eigenvalue weighted by atomic mass is 16.4. The van der Waals surface area contributed by atoms with Crippen LogP contribution >= 0.6 is 0 Å². The fourth-order valence-electron chi connectivity index (χ4n) is 3.71. The second kappa shape index (κ2) is 7.49. The number of carbonyl (C=O) groups is 1. The van der Waals surface area contributed by atoms with Crippen LogP contribution in [0.2, 0.25) is 0 Å².